The number of amides is 1. The van der Waals surface area contributed by atoms with Gasteiger partial charge in [-0.05, 0) is 19.4 Å². The van der Waals surface area contributed by atoms with Crippen LogP contribution in [0, 0.1) is 0 Å². The highest BCUT2D eigenvalue weighted by atomic mass is 35.5. The molecular weight excluding hydrogens is 212 g/mol. The Morgan fingerprint density at radius 1 is 1.33 bits per heavy atom. The van der Waals surface area contributed by atoms with Crippen LogP contribution < -0.4 is 11.1 Å². The molecule has 1 rings (SSSR count). The van der Waals surface area contributed by atoms with Gasteiger partial charge in [0.25, 0.3) is 0 Å². The fourth-order valence-electron chi connectivity index (χ4n) is 1.01. The number of hydrogen-bond donors (Lipinski definition) is 2. The summed E-state index contributed by atoms with van der Waals surface area (Å²) in [5.74, 6) is -0.138. The molecule has 1 aromatic carbocycles. The molecule has 0 atom stereocenters. The van der Waals surface area contributed by atoms with Crippen molar-refractivity contribution in [1.82, 2.24) is 5.32 Å². The summed E-state index contributed by atoms with van der Waals surface area (Å²) in [6.45, 7) is 3.90. The first-order chi connectivity index (χ1) is 6.50. The Bertz CT molecular complexity index is 306. The molecular formula is C11H17ClN2O. The zero-order chi connectivity index (χ0) is 10.6. The van der Waals surface area contributed by atoms with Gasteiger partial charge in [0.2, 0.25) is 5.91 Å². The van der Waals surface area contributed by atoms with Crippen LogP contribution in [0.3, 0.4) is 0 Å². The molecule has 0 heterocycles. The summed E-state index contributed by atoms with van der Waals surface area (Å²) >= 11 is 0. The first-order valence-electron chi connectivity index (χ1n) is 4.61. The summed E-state index contributed by atoms with van der Waals surface area (Å²) < 4.78 is 0. The molecule has 84 valence electrons. The van der Waals surface area contributed by atoms with Crippen molar-refractivity contribution in [1.29, 1.82) is 0 Å². The van der Waals surface area contributed by atoms with Gasteiger partial charge in [0, 0.05) is 6.54 Å². The molecule has 1 aromatic rings. The average molecular weight is 229 g/mol. The number of carbonyl (C=O) groups excluding carboxylic acids is 1. The Morgan fingerprint density at radius 3 is 2.33 bits per heavy atom. The molecule has 3 nitrogen and oxygen atoms in total. The van der Waals surface area contributed by atoms with Gasteiger partial charge in [0.05, 0.1) is 5.54 Å². The van der Waals surface area contributed by atoms with E-state index in [0.29, 0.717) is 6.54 Å². The Kier molecular flexibility index (Phi) is 5.33. The van der Waals surface area contributed by atoms with E-state index in [1.54, 1.807) is 13.8 Å². The SMILES string of the molecule is CC(C)(N)C(=O)NCc1ccccc1.Cl. The molecule has 0 bridgehead atoms. The van der Waals surface area contributed by atoms with Gasteiger partial charge in [0.1, 0.15) is 0 Å². The van der Waals surface area contributed by atoms with Crippen LogP contribution in [0.5, 0.6) is 0 Å². The highest BCUT2D eigenvalue weighted by molar-refractivity contribution is 5.85. The third-order valence-electron chi connectivity index (χ3n) is 1.88. The van der Waals surface area contributed by atoms with E-state index in [2.05, 4.69) is 5.32 Å². The molecule has 0 aliphatic rings. The zero-order valence-electron chi connectivity index (χ0n) is 8.99. The normalized spacial score (nSPS) is 10.3. The van der Waals surface area contributed by atoms with Gasteiger partial charge in [-0.2, -0.15) is 0 Å². The Balaban J connectivity index is 0.00000196. The lowest BCUT2D eigenvalue weighted by Crippen LogP contribution is -2.48. The van der Waals surface area contributed by atoms with E-state index in [0.717, 1.165) is 5.56 Å². The number of rotatable bonds is 3. The van der Waals surface area contributed by atoms with Crippen LogP contribution in [-0.4, -0.2) is 11.4 Å². The van der Waals surface area contributed by atoms with E-state index < -0.39 is 5.54 Å². The van der Waals surface area contributed by atoms with Crippen molar-refractivity contribution in [2.75, 3.05) is 0 Å². The Labute approximate surface area is 96.5 Å². The molecule has 0 unspecified atom stereocenters. The molecule has 15 heavy (non-hydrogen) atoms. The van der Waals surface area contributed by atoms with Crippen molar-refractivity contribution < 1.29 is 4.79 Å². The number of halogens is 1. The molecule has 0 saturated carbocycles. The summed E-state index contributed by atoms with van der Waals surface area (Å²) in [6, 6.07) is 9.75. The summed E-state index contributed by atoms with van der Waals surface area (Å²) in [4.78, 5) is 11.4. The summed E-state index contributed by atoms with van der Waals surface area (Å²) in [6.07, 6.45) is 0. The minimum absolute atomic E-state index is 0. The topological polar surface area (TPSA) is 55.1 Å². The minimum Gasteiger partial charge on any atom is -0.350 e. The predicted molar refractivity (Wildman–Crippen MR) is 63.8 cm³/mol. The summed E-state index contributed by atoms with van der Waals surface area (Å²) in [5, 5.41) is 2.77. The van der Waals surface area contributed by atoms with Gasteiger partial charge in [-0.25, -0.2) is 0 Å². The maximum atomic E-state index is 11.4. The fraction of sp³-hybridized carbons (Fsp3) is 0.364. The third kappa shape index (κ3) is 4.81. The van der Waals surface area contributed by atoms with E-state index in [-0.39, 0.29) is 18.3 Å². The lowest BCUT2D eigenvalue weighted by Gasteiger charge is -2.17. The van der Waals surface area contributed by atoms with E-state index in [9.17, 15) is 4.79 Å². The monoisotopic (exact) mass is 228 g/mol. The molecule has 1 amide bonds. The quantitative estimate of drug-likeness (QED) is 0.823. The first-order valence-corrected chi connectivity index (χ1v) is 4.61. The molecule has 0 fully saturated rings. The van der Waals surface area contributed by atoms with Gasteiger partial charge in [-0.3, -0.25) is 4.79 Å². The second-order valence-corrected chi connectivity index (χ2v) is 3.89. The van der Waals surface area contributed by atoms with Crippen molar-refractivity contribution in [3.8, 4) is 0 Å². The molecule has 0 aliphatic heterocycles. The average Bonchev–Trinajstić information content (AvgIpc) is 2.14. The van der Waals surface area contributed by atoms with Crippen molar-refractivity contribution in [2.24, 2.45) is 5.73 Å². The molecule has 0 radical (unpaired) electrons. The van der Waals surface area contributed by atoms with E-state index >= 15 is 0 Å². The molecule has 0 aromatic heterocycles. The third-order valence-corrected chi connectivity index (χ3v) is 1.88. The Hall–Kier alpha value is -1.06. The maximum absolute atomic E-state index is 11.4. The maximum Gasteiger partial charge on any atom is 0.239 e. The lowest BCUT2D eigenvalue weighted by molar-refractivity contribution is -0.125. The first kappa shape index (κ1) is 13.9. The largest absolute Gasteiger partial charge is 0.350 e. The Morgan fingerprint density at radius 2 is 1.87 bits per heavy atom. The van der Waals surface area contributed by atoms with Gasteiger partial charge in [-0.15, -0.1) is 12.4 Å². The molecule has 0 spiro atoms. The van der Waals surface area contributed by atoms with Crippen LogP contribution in [0.2, 0.25) is 0 Å². The second-order valence-electron chi connectivity index (χ2n) is 3.89. The van der Waals surface area contributed by atoms with E-state index in [4.69, 9.17) is 5.73 Å². The number of nitrogens with two attached hydrogens (primary N) is 1. The highest BCUT2D eigenvalue weighted by Gasteiger charge is 2.20. The van der Waals surface area contributed by atoms with Gasteiger partial charge >= 0.3 is 0 Å². The van der Waals surface area contributed by atoms with E-state index in [1.807, 2.05) is 30.3 Å². The number of hydrogen-bond acceptors (Lipinski definition) is 2. The zero-order valence-corrected chi connectivity index (χ0v) is 9.80. The van der Waals surface area contributed by atoms with Crippen molar-refractivity contribution in [3.63, 3.8) is 0 Å². The fourth-order valence-corrected chi connectivity index (χ4v) is 1.01. The van der Waals surface area contributed by atoms with Crippen LogP contribution in [0.1, 0.15) is 19.4 Å². The van der Waals surface area contributed by atoms with Gasteiger partial charge in [0.15, 0.2) is 0 Å². The van der Waals surface area contributed by atoms with Gasteiger partial charge in [-0.1, -0.05) is 30.3 Å². The van der Waals surface area contributed by atoms with Crippen LogP contribution in [0.25, 0.3) is 0 Å². The van der Waals surface area contributed by atoms with Crippen LogP contribution in [0.4, 0.5) is 0 Å². The summed E-state index contributed by atoms with van der Waals surface area (Å²) in [7, 11) is 0. The standard InChI is InChI=1S/C11H16N2O.ClH/c1-11(2,12)10(14)13-8-9-6-4-3-5-7-9;/h3-7H,8,12H2,1-2H3,(H,13,14);1H. The van der Waals surface area contributed by atoms with Crippen LogP contribution >= 0.6 is 12.4 Å². The minimum atomic E-state index is -0.811. The number of nitrogens with one attached hydrogen (secondary N) is 1. The highest BCUT2D eigenvalue weighted by Crippen LogP contribution is 2.00. The van der Waals surface area contributed by atoms with Gasteiger partial charge < -0.3 is 11.1 Å². The second kappa shape index (κ2) is 5.73. The molecule has 4 heteroatoms. The molecule has 0 aliphatic carbocycles. The summed E-state index contributed by atoms with van der Waals surface area (Å²) in [5.41, 5.74) is 5.89. The van der Waals surface area contributed by atoms with Crippen molar-refractivity contribution in [3.05, 3.63) is 35.9 Å². The number of carbonyl (C=O) groups is 1. The molecule has 3 N–H and O–H groups in total. The van der Waals surface area contributed by atoms with E-state index in [1.165, 1.54) is 0 Å². The predicted octanol–water partition coefficient (Wildman–Crippen LogP) is 1.46. The molecule has 0 saturated heterocycles. The number of benzene rings is 1. The van der Waals surface area contributed by atoms with Crippen LogP contribution in [0.15, 0.2) is 30.3 Å². The smallest absolute Gasteiger partial charge is 0.239 e. The lowest BCUT2D eigenvalue weighted by atomic mass is 10.1. The van der Waals surface area contributed by atoms with Crippen molar-refractivity contribution in [2.45, 2.75) is 25.9 Å². The van der Waals surface area contributed by atoms with Crippen LogP contribution in [-0.2, 0) is 11.3 Å². The van der Waals surface area contributed by atoms with Crippen molar-refractivity contribution >= 4 is 18.3 Å².